The van der Waals surface area contributed by atoms with E-state index < -0.39 is 0 Å². The highest BCUT2D eigenvalue weighted by Gasteiger charge is 2.31. The Morgan fingerprint density at radius 3 is 2.89 bits per heavy atom. The first-order valence-electron chi connectivity index (χ1n) is 7.66. The van der Waals surface area contributed by atoms with Crippen LogP contribution in [-0.2, 0) is 4.74 Å². The number of rotatable bonds is 7. The Kier molecular flexibility index (Phi) is 7.37. The Balaban J connectivity index is 1.74. The van der Waals surface area contributed by atoms with Crippen molar-refractivity contribution in [1.29, 1.82) is 0 Å². The van der Waals surface area contributed by atoms with Gasteiger partial charge in [-0.15, -0.1) is 0 Å². The number of nitrogens with two attached hydrogens (primary N) is 1. The van der Waals surface area contributed by atoms with Crippen LogP contribution >= 0.6 is 23.5 Å². The molecule has 0 bridgehead atoms. The molecule has 4 atom stereocenters. The second-order valence-electron chi connectivity index (χ2n) is 5.49. The number of hydrogen-bond acceptors (Lipinski definition) is 5. The van der Waals surface area contributed by atoms with Crippen LogP contribution in [0.3, 0.4) is 0 Å². The third-order valence-corrected chi connectivity index (χ3v) is 7.58. The molecule has 2 rings (SSSR count). The zero-order valence-electron chi connectivity index (χ0n) is 12.0. The van der Waals surface area contributed by atoms with Crippen molar-refractivity contribution in [3.05, 3.63) is 0 Å². The fourth-order valence-corrected chi connectivity index (χ4v) is 6.38. The number of hydrogen-bond donors (Lipinski definition) is 2. The Bertz CT molecular complexity index is 250. The molecule has 0 aromatic carbocycles. The first-order valence-corrected chi connectivity index (χ1v) is 9.75. The fraction of sp³-hybridized carbons (Fsp3) is 1.00. The van der Waals surface area contributed by atoms with E-state index in [0.29, 0.717) is 17.4 Å². The summed E-state index contributed by atoms with van der Waals surface area (Å²) in [5.41, 5.74) is 3.09. The van der Waals surface area contributed by atoms with Crippen LogP contribution in [0.25, 0.3) is 0 Å². The quantitative estimate of drug-likeness (QED) is 0.559. The SMILES string of the molecule is CCC1SCCSC1C(CCCC1CCCO1)NN. The molecule has 2 aliphatic heterocycles. The van der Waals surface area contributed by atoms with Crippen molar-refractivity contribution in [2.45, 2.75) is 68.1 Å². The van der Waals surface area contributed by atoms with Crippen LogP contribution in [0.2, 0.25) is 0 Å². The van der Waals surface area contributed by atoms with E-state index in [4.69, 9.17) is 10.6 Å². The zero-order chi connectivity index (χ0) is 13.5. The molecule has 19 heavy (non-hydrogen) atoms. The molecule has 2 saturated heterocycles. The average Bonchev–Trinajstić information content (AvgIpc) is 2.97. The molecule has 0 aromatic rings. The van der Waals surface area contributed by atoms with Crippen molar-refractivity contribution < 1.29 is 4.74 Å². The number of nitrogens with one attached hydrogen (secondary N) is 1. The molecule has 0 aliphatic carbocycles. The predicted molar refractivity (Wildman–Crippen MR) is 86.7 cm³/mol. The van der Waals surface area contributed by atoms with E-state index in [0.717, 1.165) is 11.9 Å². The van der Waals surface area contributed by atoms with Crippen molar-refractivity contribution >= 4 is 23.5 Å². The lowest BCUT2D eigenvalue weighted by molar-refractivity contribution is 0.101. The minimum atomic E-state index is 0.462. The highest BCUT2D eigenvalue weighted by molar-refractivity contribution is 8.07. The van der Waals surface area contributed by atoms with Gasteiger partial charge in [0.15, 0.2) is 0 Å². The molecular formula is C14H28N2OS2. The summed E-state index contributed by atoms with van der Waals surface area (Å²) in [7, 11) is 0. The average molecular weight is 305 g/mol. The van der Waals surface area contributed by atoms with E-state index in [-0.39, 0.29) is 0 Å². The van der Waals surface area contributed by atoms with Crippen LogP contribution in [0, 0.1) is 0 Å². The van der Waals surface area contributed by atoms with Crippen molar-refractivity contribution in [2.75, 3.05) is 18.1 Å². The topological polar surface area (TPSA) is 47.3 Å². The van der Waals surface area contributed by atoms with Crippen LogP contribution in [0.15, 0.2) is 0 Å². The fourth-order valence-electron chi connectivity index (χ4n) is 3.09. The lowest BCUT2D eigenvalue weighted by Gasteiger charge is -2.35. The van der Waals surface area contributed by atoms with E-state index in [9.17, 15) is 0 Å². The van der Waals surface area contributed by atoms with Crippen LogP contribution in [0.4, 0.5) is 0 Å². The summed E-state index contributed by atoms with van der Waals surface area (Å²) in [5, 5.41) is 1.45. The first kappa shape index (κ1) is 16.0. The Labute approximate surface area is 126 Å². The lowest BCUT2D eigenvalue weighted by atomic mass is 10.0. The van der Waals surface area contributed by atoms with Gasteiger partial charge in [0.1, 0.15) is 0 Å². The van der Waals surface area contributed by atoms with Gasteiger partial charge in [0.2, 0.25) is 0 Å². The summed E-state index contributed by atoms with van der Waals surface area (Å²) in [6.45, 7) is 3.27. The van der Waals surface area contributed by atoms with Crippen LogP contribution in [0.5, 0.6) is 0 Å². The van der Waals surface area contributed by atoms with E-state index in [1.165, 1.54) is 50.0 Å². The van der Waals surface area contributed by atoms with Crippen LogP contribution in [-0.4, -0.2) is 40.8 Å². The highest BCUT2D eigenvalue weighted by Crippen LogP contribution is 2.36. The summed E-state index contributed by atoms with van der Waals surface area (Å²) >= 11 is 4.25. The van der Waals surface area contributed by atoms with Crippen molar-refractivity contribution in [1.82, 2.24) is 5.43 Å². The van der Waals surface area contributed by atoms with Gasteiger partial charge >= 0.3 is 0 Å². The monoisotopic (exact) mass is 304 g/mol. The number of ether oxygens (including phenoxy) is 1. The van der Waals surface area contributed by atoms with Gasteiger partial charge in [0, 0.05) is 34.7 Å². The van der Waals surface area contributed by atoms with Gasteiger partial charge in [-0.3, -0.25) is 11.3 Å². The largest absolute Gasteiger partial charge is 0.378 e. The number of hydrazine groups is 1. The second kappa shape index (κ2) is 8.78. The summed E-state index contributed by atoms with van der Waals surface area (Å²) < 4.78 is 5.70. The first-order chi connectivity index (χ1) is 9.35. The van der Waals surface area contributed by atoms with Gasteiger partial charge in [0.25, 0.3) is 0 Å². The molecule has 0 spiro atoms. The second-order valence-corrected chi connectivity index (χ2v) is 8.12. The van der Waals surface area contributed by atoms with E-state index in [1.807, 2.05) is 0 Å². The summed E-state index contributed by atoms with van der Waals surface area (Å²) in [5.74, 6) is 8.38. The van der Waals surface area contributed by atoms with Crippen LogP contribution in [0.1, 0.15) is 45.4 Å². The molecule has 4 unspecified atom stereocenters. The summed E-state index contributed by atoms with van der Waals surface area (Å²) in [4.78, 5) is 0. The minimum Gasteiger partial charge on any atom is -0.378 e. The summed E-state index contributed by atoms with van der Waals surface area (Å²) in [6.07, 6.45) is 7.91. The Morgan fingerprint density at radius 2 is 2.21 bits per heavy atom. The smallest absolute Gasteiger partial charge is 0.0576 e. The van der Waals surface area contributed by atoms with Crippen molar-refractivity contribution in [2.24, 2.45) is 5.84 Å². The molecular weight excluding hydrogens is 276 g/mol. The van der Waals surface area contributed by atoms with Gasteiger partial charge in [-0.1, -0.05) is 6.92 Å². The zero-order valence-corrected chi connectivity index (χ0v) is 13.6. The normalized spacial score (nSPS) is 33.5. The van der Waals surface area contributed by atoms with Crippen LogP contribution < -0.4 is 11.3 Å². The molecule has 0 amide bonds. The standard InChI is InChI=1S/C14H28N2OS2/c1-2-13-14(19-10-9-18-13)12(16-15)7-3-5-11-6-4-8-17-11/h11-14,16H,2-10,15H2,1H3. The maximum Gasteiger partial charge on any atom is 0.0576 e. The molecule has 0 radical (unpaired) electrons. The van der Waals surface area contributed by atoms with Gasteiger partial charge in [-0.25, -0.2) is 0 Å². The molecule has 0 aromatic heterocycles. The van der Waals surface area contributed by atoms with Crippen molar-refractivity contribution in [3.8, 4) is 0 Å². The third-order valence-electron chi connectivity index (χ3n) is 4.17. The molecule has 5 heteroatoms. The van der Waals surface area contributed by atoms with Gasteiger partial charge in [-0.05, 0) is 38.5 Å². The minimum absolute atomic E-state index is 0.462. The van der Waals surface area contributed by atoms with Gasteiger partial charge in [0.05, 0.1) is 6.10 Å². The van der Waals surface area contributed by atoms with Gasteiger partial charge < -0.3 is 4.74 Å². The van der Waals surface area contributed by atoms with E-state index in [2.05, 4.69) is 35.9 Å². The van der Waals surface area contributed by atoms with Crippen molar-refractivity contribution in [3.63, 3.8) is 0 Å². The van der Waals surface area contributed by atoms with E-state index >= 15 is 0 Å². The van der Waals surface area contributed by atoms with Gasteiger partial charge in [-0.2, -0.15) is 23.5 Å². The Morgan fingerprint density at radius 1 is 1.37 bits per heavy atom. The maximum absolute atomic E-state index is 5.81. The molecule has 2 aliphatic rings. The summed E-state index contributed by atoms with van der Waals surface area (Å²) in [6, 6.07) is 0.462. The highest BCUT2D eigenvalue weighted by atomic mass is 32.2. The van der Waals surface area contributed by atoms with E-state index in [1.54, 1.807) is 0 Å². The molecule has 3 nitrogen and oxygen atoms in total. The number of thioether (sulfide) groups is 2. The maximum atomic E-state index is 5.81. The molecule has 3 N–H and O–H groups in total. The third kappa shape index (κ3) is 4.81. The Hall–Kier alpha value is 0.580. The molecule has 112 valence electrons. The molecule has 0 saturated carbocycles. The molecule has 2 fully saturated rings. The predicted octanol–water partition coefficient (Wildman–Crippen LogP) is 2.79. The molecule has 2 heterocycles. The lowest BCUT2D eigenvalue weighted by Crippen LogP contribution is -2.48.